The van der Waals surface area contributed by atoms with Crippen LogP contribution in [0.2, 0.25) is 5.02 Å². The van der Waals surface area contributed by atoms with Crippen molar-refractivity contribution in [1.82, 2.24) is 15.1 Å². The molecule has 3 aromatic rings. The Kier molecular flexibility index (Phi) is 11.2. The lowest BCUT2D eigenvalue weighted by molar-refractivity contribution is -0.163. The van der Waals surface area contributed by atoms with Crippen molar-refractivity contribution in [2.24, 2.45) is 0 Å². The van der Waals surface area contributed by atoms with Crippen molar-refractivity contribution in [3.8, 4) is 5.75 Å². The fourth-order valence-corrected chi connectivity index (χ4v) is 7.20. The molecule has 6 rings (SSSR count). The van der Waals surface area contributed by atoms with E-state index in [9.17, 15) is 29.0 Å². The third kappa shape index (κ3) is 8.21. The van der Waals surface area contributed by atoms with Crippen LogP contribution in [0.1, 0.15) is 42.4 Å². The number of fused-ring (bicyclic) bond motifs is 2. The van der Waals surface area contributed by atoms with Gasteiger partial charge in [-0.1, -0.05) is 54.1 Å². The van der Waals surface area contributed by atoms with Crippen LogP contribution in [-0.4, -0.2) is 92.9 Å². The second kappa shape index (κ2) is 15.6. The number of piperazine rings is 1. The fourth-order valence-electron chi connectivity index (χ4n) is 6.64. The summed E-state index contributed by atoms with van der Waals surface area (Å²) in [4.78, 5) is 42.3. The summed E-state index contributed by atoms with van der Waals surface area (Å²) >= 11 is 9.89. The van der Waals surface area contributed by atoms with Crippen LogP contribution in [0.25, 0.3) is 5.57 Å². The van der Waals surface area contributed by atoms with E-state index in [0.717, 1.165) is 41.5 Å². The van der Waals surface area contributed by atoms with E-state index in [0.29, 0.717) is 46.8 Å². The Bertz CT molecular complexity index is 1790. The van der Waals surface area contributed by atoms with E-state index in [1.807, 2.05) is 47.4 Å². The number of carbonyl (C=O) groups excluding carboxylic acids is 2. The molecule has 4 N–H and O–H groups in total. The zero-order valence-electron chi connectivity index (χ0n) is 27.1. The average molecular weight is 771 g/mol. The van der Waals surface area contributed by atoms with Crippen molar-refractivity contribution in [2.45, 2.75) is 69.0 Å². The van der Waals surface area contributed by atoms with Crippen molar-refractivity contribution in [3.05, 3.63) is 104 Å². The van der Waals surface area contributed by atoms with Crippen LogP contribution in [0.15, 0.2) is 76.8 Å². The van der Waals surface area contributed by atoms with Crippen LogP contribution < -0.4 is 10.1 Å². The number of nitrogens with zero attached hydrogens (tertiary/aromatic N) is 2. The first kappa shape index (κ1) is 36.0. The fraction of sp³-hybridized carbons (Fsp3) is 0.378. The van der Waals surface area contributed by atoms with Gasteiger partial charge in [-0.25, -0.2) is 9.18 Å². The summed E-state index contributed by atoms with van der Waals surface area (Å²) in [7, 11) is 0. The summed E-state index contributed by atoms with van der Waals surface area (Å²) in [6.07, 6.45) is -0.855. The minimum Gasteiger partial charge on any atom is -0.492 e. The highest BCUT2D eigenvalue weighted by Crippen LogP contribution is 2.38. The van der Waals surface area contributed by atoms with Gasteiger partial charge in [0.2, 0.25) is 0 Å². The van der Waals surface area contributed by atoms with E-state index >= 15 is 0 Å². The third-order valence-electron chi connectivity index (χ3n) is 9.36. The largest absolute Gasteiger partial charge is 0.492 e. The van der Waals surface area contributed by atoms with Crippen LogP contribution in [0.5, 0.6) is 5.75 Å². The molecule has 50 heavy (non-hydrogen) atoms. The number of benzene rings is 3. The summed E-state index contributed by atoms with van der Waals surface area (Å²) in [6, 6.07) is 18.9. The number of aliphatic hydroxyl groups is 2. The van der Waals surface area contributed by atoms with Crippen LogP contribution in [0.4, 0.5) is 4.39 Å². The molecule has 10 nitrogen and oxygen atoms in total. The maximum Gasteiger partial charge on any atom is 0.335 e. The maximum absolute atomic E-state index is 14.7. The second-order valence-electron chi connectivity index (χ2n) is 13.0. The highest BCUT2D eigenvalue weighted by molar-refractivity contribution is 9.10. The van der Waals surface area contributed by atoms with Gasteiger partial charge in [-0.15, -0.1) is 0 Å². The first-order chi connectivity index (χ1) is 24.0. The Balaban J connectivity index is 1.25. The SMILES string of the molecule is O=C(O)C(O)[C@H](O)C(=O)N1C[C@H]2CC(c3ccc(CCCOc4cc(F)ccc4Br)cc3)=C(C(=O)N(Cc3ccccc3Cl)C3CC3)[C@@H](C1)N2. The molecule has 2 aliphatic heterocycles. The third-order valence-corrected chi connectivity index (χ3v) is 10.4. The lowest BCUT2D eigenvalue weighted by Gasteiger charge is -2.45. The summed E-state index contributed by atoms with van der Waals surface area (Å²) < 4.78 is 20.1. The van der Waals surface area contributed by atoms with Gasteiger partial charge in [-0.3, -0.25) is 9.59 Å². The van der Waals surface area contributed by atoms with E-state index in [4.69, 9.17) is 21.4 Å². The molecule has 2 bridgehead atoms. The van der Waals surface area contributed by atoms with Gasteiger partial charge in [0.25, 0.3) is 11.8 Å². The number of carbonyl (C=O) groups is 3. The van der Waals surface area contributed by atoms with E-state index in [-0.39, 0.29) is 36.9 Å². The smallest absolute Gasteiger partial charge is 0.335 e. The molecule has 2 fully saturated rings. The van der Waals surface area contributed by atoms with Crippen molar-refractivity contribution < 1.29 is 38.8 Å². The molecule has 4 atom stereocenters. The van der Waals surface area contributed by atoms with Gasteiger partial charge in [0, 0.05) is 48.4 Å². The van der Waals surface area contributed by atoms with Gasteiger partial charge in [0.05, 0.1) is 17.1 Å². The Labute approximate surface area is 302 Å². The molecule has 2 heterocycles. The quantitative estimate of drug-likeness (QED) is 0.186. The summed E-state index contributed by atoms with van der Waals surface area (Å²) in [6.45, 7) is 0.885. The van der Waals surface area contributed by atoms with Gasteiger partial charge < -0.3 is 35.2 Å². The number of rotatable bonds is 13. The van der Waals surface area contributed by atoms with Gasteiger partial charge in [-0.05, 0) is 88.5 Å². The standard InChI is InChI=1S/C37H38BrClFN3O7/c38-28-14-11-24(40)16-31(28)50-15-3-4-21-7-9-22(10-8-21)27-17-25-19-42(36(47)33(44)34(45)37(48)49)20-30(41-25)32(27)35(46)43(26-12-13-26)18-23-5-1-2-6-29(23)39/h1-2,5-11,14,16,25-26,30,33-34,41,44-45H,3-4,12-13,15,17-20H2,(H,48,49)/t25-,30-,33+,34?/m1/s1. The van der Waals surface area contributed by atoms with Crippen LogP contribution in [0, 0.1) is 5.82 Å². The van der Waals surface area contributed by atoms with Gasteiger partial charge >= 0.3 is 5.97 Å². The predicted molar refractivity (Wildman–Crippen MR) is 188 cm³/mol. The number of hydrogen-bond donors (Lipinski definition) is 4. The highest BCUT2D eigenvalue weighted by Gasteiger charge is 2.45. The van der Waals surface area contributed by atoms with Crippen LogP contribution >= 0.6 is 27.5 Å². The molecule has 1 aliphatic carbocycles. The molecule has 3 aromatic carbocycles. The maximum atomic E-state index is 14.7. The molecule has 0 spiro atoms. The van der Waals surface area contributed by atoms with Crippen LogP contribution in [0.3, 0.4) is 0 Å². The number of nitrogens with one attached hydrogen (secondary N) is 1. The lowest BCUT2D eigenvalue weighted by atomic mass is 9.82. The van der Waals surface area contributed by atoms with Gasteiger partial charge in [0.1, 0.15) is 11.6 Å². The highest BCUT2D eigenvalue weighted by atomic mass is 79.9. The number of amides is 2. The molecular weight excluding hydrogens is 733 g/mol. The molecule has 264 valence electrons. The summed E-state index contributed by atoms with van der Waals surface area (Å²) in [5.41, 5.74) is 4.13. The zero-order valence-corrected chi connectivity index (χ0v) is 29.4. The Morgan fingerprint density at radius 2 is 1.78 bits per heavy atom. The minimum absolute atomic E-state index is 0.00736. The van der Waals surface area contributed by atoms with E-state index < -0.39 is 30.1 Å². The Hall–Kier alpha value is -3.81. The van der Waals surface area contributed by atoms with Gasteiger partial charge in [-0.2, -0.15) is 0 Å². The monoisotopic (exact) mass is 769 g/mol. The molecular formula is C37H38BrClFN3O7. The number of carboxylic acid groups (broad SMARTS) is 1. The number of aryl methyl sites for hydroxylation is 1. The number of carboxylic acids is 1. The van der Waals surface area contributed by atoms with E-state index in [1.165, 1.54) is 17.0 Å². The summed E-state index contributed by atoms with van der Waals surface area (Å²) in [5, 5.41) is 33.4. The minimum atomic E-state index is -2.27. The molecule has 13 heteroatoms. The number of aliphatic carboxylic acids is 1. The molecule has 3 aliphatic rings. The second-order valence-corrected chi connectivity index (χ2v) is 14.2. The normalized spacial score (nSPS) is 19.9. The number of hydrogen-bond acceptors (Lipinski definition) is 7. The first-order valence-electron chi connectivity index (χ1n) is 16.6. The molecule has 1 unspecified atom stereocenters. The van der Waals surface area contributed by atoms with Crippen molar-refractivity contribution in [3.63, 3.8) is 0 Å². The van der Waals surface area contributed by atoms with Gasteiger partial charge in [0.15, 0.2) is 12.2 Å². The predicted octanol–water partition coefficient (Wildman–Crippen LogP) is 4.58. The first-order valence-corrected chi connectivity index (χ1v) is 17.8. The molecule has 0 aromatic heterocycles. The van der Waals surface area contributed by atoms with Crippen molar-refractivity contribution >= 4 is 50.9 Å². The molecule has 1 saturated carbocycles. The Morgan fingerprint density at radius 3 is 2.48 bits per heavy atom. The van der Waals surface area contributed by atoms with Crippen molar-refractivity contribution in [1.29, 1.82) is 0 Å². The number of halogens is 3. The summed E-state index contributed by atoms with van der Waals surface area (Å²) in [5.74, 6) is -2.70. The average Bonchev–Trinajstić information content (AvgIpc) is 3.95. The molecule has 0 radical (unpaired) electrons. The topological polar surface area (TPSA) is 140 Å². The molecule has 2 amide bonds. The van der Waals surface area contributed by atoms with E-state index in [1.54, 1.807) is 12.1 Å². The number of ether oxygens (including phenoxy) is 1. The zero-order chi connectivity index (χ0) is 35.5. The number of aliphatic hydroxyl groups excluding tert-OH is 2. The molecule has 1 saturated heterocycles. The van der Waals surface area contributed by atoms with Crippen molar-refractivity contribution in [2.75, 3.05) is 19.7 Å². The Morgan fingerprint density at radius 1 is 1.04 bits per heavy atom. The van der Waals surface area contributed by atoms with E-state index in [2.05, 4.69) is 21.2 Å². The lowest BCUT2D eigenvalue weighted by Crippen LogP contribution is -2.64. The van der Waals surface area contributed by atoms with Crippen LogP contribution in [-0.2, 0) is 27.3 Å².